The molecule has 0 aromatic rings. The standard InChI is InChI=1S/C18H37N/c1-17(2,3)12-10-16(11-13-18(4,5)6)19-14-8-7-9-15-19/h16H,7-15H2,1-6H3. The zero-order valence-corrected chi connectivity index (χ0v) is 14.4. The highest BCUT2D eigenvalue weighted by molar-refractivity contribution is 4.79. The zero-order chi connectivity index (χ0) is 14.5. The number of nitrogens with zero attached hydrogens (tertiary/aromatic N) is 1. The Balaban J connectivity index is 2.51. The van der Waals surface area contributed by atoms with E-state index < -0.39 is 0 Å². The van der Waals surface area contributed by atoms with Gasteiger partial charge in [0.15, 0.2) is 0 Å². The van der Waals surface area contributed by atoms with Gasteiger partial charge in [-0.05, 0) is 62.4 Å². The van der Waals surface area contributed by atoms with Gasteiger partial charge in [0, 0.05) is 6.04 Å². The molecule has 1 nitrogen and oxygen atoms in total. The van der Waals surface area contributed by atoms with E-state index in [1.54, 1.807) is 0 Å². The molecule has 0 N–H and O–H groups in total. The minimum Gasteiger partial charge on any atom is -0.300 e. The third-order valence-electron chi connectivity index (χ3n) is 4.36. The van der Waals surface area contributed by atoms with Crippen LogP contribution in [0.4, 0.5) is 0 Å². The SMILES string of the molecule is CC(C)(C)CCC(CCC(C)(C)C)N1CCCCC1. The van der Waals surface area contributed by atoms with Crippen molar-refractivity contribution in [2.24, 2.45) is 10.8 Å². The Kier molecular flexibility index (Phi) is 6.36. The summed E-state index contributed by atoms with van der Waals surface area (Å²) in [5.41, 5.74) is 0.964. The molecule has 0 aromatic carbocycles. The number of hydrogen-bond acceptors (Lipinski definition) is 1. The van der Waals surface area contributed by atoms with Crippen molar-refractivity contribution < 1.29 is 0 Å². The van der Waals surface area contributed by atoms with Gasteiger partial charge in [0.25, 0.3) is 0 Å². The summed E-state index contributed by atoms with van der Waals surface area (Å²) in [6.07, 6.45) is 9.78. The molecule has 0 amide bonds. The van der Waals surface area contributed by atoms with Gasteiger partial charge in [-0.15, -0.1) is 0 Å². The van der Waals surface area contributed by atoms with Gasteiger partial charge in [-0.1, -0.05) is 48.0 Å². The maximum atomic E-state index is 2.79. The maximum Gasteiger partial charge on any atom is 0.00956 e. The third kappa shape index (κ3) is 7.97. The van der Waals surface area contributed by atoms with E-state index in [0.717, 1.165) is 6.04 Å². The summed E-state index contributed by atoms with van der Waals surface area (Å²) < 4.78 is 0. The Morgan fingerprint density at radius 2 is 1.16 bits per heavy atom. The second kappa shape index (κ2) is 7.11. The third-order valence-corrected chi connectivity index (χ3v) is 4.36. The first-order chi connectivity index (χ1) is 8.67. The van der Waals surface area contributed by atoms with Gasteiger partial charge in [-0.2, -0.15) is 0 Å². The van der Waals surface area contributed by atoms with Crippen LogP contribution in [0.1, 0.15) is 86.5 Å². The summed E-state index contributed by atoms with van der Waals surface area (Å²) >= 11 is 0. The smallest absolute Gasteiger partial charge is 0.00956 e. The molecule has 114 valence electrons. The second-order valence-corrected chi connectivity index (χ2v) is 8.95. The molecule has 0 bridgehead atoms. The van der Waals surface area contributed by atoms with E-state index in [1.165, 1.54) is 58.0 Å². The van der Waals surface area contributed by atoms with Crippen LogP contribution >= 0.6 is 0 Å². The fourth-order valence-electron chi connectivity index (χ4n) is 2.99. The Bertz CT molecular complexity index is 219. The highest BCUT2D eigenvalue weighted by Crippen LogP contribution is 2.29. The first kappa shape index (κ1) is 17.0. The summed E-state index contributed by atoms with van der Waals surface area (Å²) in [4.78, 5) is 2.79. The van der Waals surface area contributed by atoms with Crippen molar-refractivity contribution in [1.29, 1.82) is 0 Å². The van der Waals surface area contributed by atoms with Crippen LogP contribution < -0.4 is 0 Å². The van der Waals surface area contributed by atoms with Crippen LogP contribution in [-0.2, 0) is 0 Å². The fourth-order valence-corrected chi connectivity index (χ4v) is 2.99. The van der Waals surface area contributed by atoms with Crippen molar-refractivity contribution in [2.75, 3.05) is 13.1 Å². The second-order valence-electron chi connectivity index (χ2n) is 8.95. The van der Waals surface area contributed by atoms with Gasteiger partial charge in [0.2, 0.25) is 0 Å². The summed E-state index contributed by atoms with van der Waals surface area (Å²) in [6, 6.07) is 0.832. The predicted octanol–water partition coefficient (Wildman–Crippen LogP) is 5.49. The summed E-state index contributed by atoms with van der Waals surface area (Å²) in [6.45, 7) is 17.0. The van der Waals surface area contributed by atoms with Gasteiger partial charge in [-0.3, -0.25) is 0 Å². The zero-order valence-electron chi connectivity index (χ0n) is 14.4. The molecule has 19 heavy (non-hydrogen) atoms. The Morgan fingerprint density at radius 1 is 0.737 bits per heavy atom. The summed E-state index contributed by atoms with van der Waals surface area (Å²) in [7, 11) is 0. The van der Waals surface area contributed by atoms with Crippen LogP contribution in [0.3, 0.4) is 0 Å². The lowest BCUT2D eigenvalue weighted by atomic mass is 9.83. The largest absolute Gasteiger partial charge is 0.300 e. The molecule has 0 aromatic heterocycles. The monoisotopic (exact) mass is 267 g/mol. The molecule has 0 spiro atoms. The van der Waals surface area contributed by atoms with Crippen LogP contribution in [-0.4, -0.2) is 24.0 Å². The van der Waals surface area contributed by atoms with Gasteiger partial charge in [0.1, 0.15) is 0 Å². The lowest BCUT2D eigenvalue weighted by molar-refractivity contribution is 0.124. The molecule has 1 rings (SSSR count). The van der Waals surface area contributed by atoms with Gasteiger partial charge in [-0.25, -0.2) is 0 Å². The highest BCUT2D eigenvalue weighted by atomic mass is 15.2. The number of hydrogen-bond donors (Lipinski definition) is 0. The normalized spacial score (nSPS) is 19.1. The first-order valence-corrected chi connectivity index (χ1v) is 8.41. The fraction of sp³-hybridized carbons (Fsp3) is 1.00. The molecule has 0 unspecified atom stereocenters. The van der Waals surface area contributed by atoms with Crippen LogP contribution in [0.2, 0.25) is 0 Å². The number of piperidine rings is 1. The molecule has 0 atom stereocenters. The Morgan fingerprint density at radius 3 is 1.53 bits per heavy atom. The van der Waals surface area contributed by atoms with E-state index in [4.69, 9.17) is 0 Å². The molecule has 1 aliphatic heterocycles. The number of likely N-dealkylation sites (tertiary alicyclic amines) is 1. The first-order valence-electron chi connectivity index (χ1n) is 8.41. The molecule has 1 heteroatoms. The van der Waals surface area contributed by atoms with Crippen LogP contribution in [0.5, 0.6) is 0 Å². The lowest BCUT2D eigenvalue weighted by Gasteiger charge is -2.37. The quantitative estimate of drug-likeness (QED) is 0.636. The minimum atomic E-state index is 0.482. The van der Waals surface area contributed by atoms with Crippen molar-refractivity contribution in [1.82, 2.24) is 4.90 Å². The molecule has 1 aliphatic rings. The van der Waals surface area contributed by atoms with Gasteiger partial charge < -0.3 is 4.90 Å². The molecule has 1 fully saturated rings. The maximum absolute atomic E-state index is 2.79. The van der Waals surface area contributed by atoms with Crippen LogP contribution in [0.15, 0.2) is 0 Å². The van der Waals surface area contributed by atoms with Crippen LogP contribution in [0.25, 0.3) is 0 Å². The van der Waals surface area contributed by atoms with E-state index in [-0.39, 0.29) is 0 Å². The highest BCUT2D eigenvalue weighted by Gasteiger charge is 2.24. The average Bonchev–Trinajstić information content (AvgIpc) is 2.27. The molecule has 0 aliphatic carbocycles. The van der Waals surface area contributed by atoms with Crippen molar-refractivity contribution in [2.45, 2.75) is 92.5 Å². The molecule has 1 heterocycles. The lowest BCUT2D eigenvalue weighted by Crippen LogP contribution is -2.40. The van der Waals surface area contributed by atoms with Gasteiger partial charge in [0.05, 0.1) is 0 Å². The molecule has 0 saturated carbocycles. The van der Waals surface area contributed by atoms with Crippen molar-refractivity contribution in [3.8, 4) is 0 Å². The Hall–Kier alpha value is -0.0400. The van der Waals surface area contributed by atoms with E-state index in [9.17, 15) is 0 Å². The van der Waals surface area contributed by atoms with Crippen LogP contribution in [0, 0.1) is 10.8 Å². The molecule has 1 saturated heterocycles. The summed E-state index contributed by atoms with van der Waals surface area (Å²) in [5, 5.41) is 0. The number of rotatable bonds is 5. The molecular weight excluding hydrogens is 230 g/mol. The molecule has 0 radical (unpaired) electrons. The van der Waals surface area contributed by atoms with E-state index in [0.29, 0.717) is 10.8 Å². The minimum absolute atomic E-state index is 0.482. The van der Waals surface area contributed by atoms with E-state index in [1.807, 2.05) is 0 Å². The van der Waals surface area contributed by atoms with Gasteiger partial charge >= 0.3 is 0 Å². The average molecular weight is 268 g/mol. The Labute approximate surface area is 122 Å². The van der Waals surface area contributed by atoms with E-state index >= 15 is 0 Å². The summed E-state index contributed by atoms with van der Waals surface area (Å²) in [5.74, 6) is 0. The van der Waals surface area contributed by atoms with Crippen molar-refractivity contribution in [3.05, 3.63) is 0 Å². The molecular formula is C18H37N. The van der Waals surface area contributed by atoms with E-state index in [2.05, 4.69) is 46.4 Å². The van der Waals surface area contributed by atoms with Crippen molar-refractivity contribution in [3.63, 3.8) is 0 Å². The van der Waals surface area contributed by atoms with Crippen molar-refractivity contribution >= 4 is 0 Å². The predicted molar refractivity (Wildman–Crippen MR) is 86.6 cm³/mol. The topological polar surface area (TPSA) is 3.24 Å².